The van der Waals surface area contributed by atoms with Crippen LogP contribution >= 0.6 is 23.2 Å². The second kappa shape index (κ2) is 11.1. The molecule has 0 radical (unpaired) electrons. The molecule has 0 aliphatic carbocycles. The first kappa shape index (κ1) is 25.8. The van der Waals surface area contributed by atoms with Gasteiger partial charge in [0.15, 0.2) is 0 Å². The van der Waals surface area contributed by atoms with Gasteiger partial charge in [-0.3, -0.25) is 4.79 Å². The molecular formula is C21H30Cl2N6O3S. The molecule has 1 aromatic heterocycles. The number of benzene rings is 1. The fraction of sp³-hybridized carbons (Fsp3) is 0.524. The quantitative estimate of drug-likeness (QED) is 0.376. The number of aromatic nitrogens is 2. The van der Waals surface area contributed by atoms with Crippen LogP contribution in [-0.4, -0.2) is 48.3 Å². The lowest BCUT2D eigenvalue weighted by atomic mass is 9.98. The van der Waals surface area contributed by atoms with Crippen LogP contribution in [0.1, 0.15) is 50.9 Å². The van der Waals surface area contributed by atoms with Gasteiger partial charge in [-0.05, 0) is 50.2 Å². The molecule has 1 aliphatic rings. The van der Waals surface area contributed by atoms with Crippen molar-refractivity contribution < 1.29 is 13.2 Å². The third-order valence-electron chi connectivity index (χ3n) is 5.93. The smallest absolute Gasteiger partial charge is 0.241 e. The largest absolute Gasteiger partial charge is 0.396 e. The summed E-state index contributed by atoms with van der Waals surface area (Å²) in [7, 11) is -4.08. The predicted molar refractivity (Wildman–Crippen MR) is 129 cm³/mol. The number of rotatable bonds is 9. The summed E-state index contributed by atoms with van der Waals surface area (Å²) in [6.07, 6.45) is 6.43. The number of hydrogen-bond donors (Lipinski definition) is 4. The van der Waals surface area contributed by atoms with E-state index in [9.17, 15) is 13.2 Å². The minimum Gasteiger partial charge on any atom is -0.396 e. The minimum absolute atomic E-state index is 0.0280. The number of H-pyrrole nitrogens is 1. The van der Waals surface area contributed by atoms with Crippen molar-refractivity contribution in [1.82, 2.24) is 19.6 Å². The number of sulfonamides is 1. The second-order valence-electron chi connectivity index (χ2n) is 8.49. The highest BCUT2D eigenvalue weighted by Crippen LogP contribution is 2.31. The first-order valence-corrected chi connectivity index (χ1v) is 13.1. The molecule has 6 N–H and O–H groups in total. The number of carbonyl (C=O) groups excluding carboxylic acids is 1. The number of anilines is 1. The van der Waals surface area contributed by atoms with E-state index >= 15 is 0 Å². The van der Waals surface area contributed by atoms with Gasteiger partial charge in [0.1, 0.15) is 11.9 Å². The summed E-state index contributed by atoms with van der Waals surface area (Å²) in [4.78, 5) is 22.0. The molecule has 9 nitrogen and oxygen atoms in total. The topological polar surface area (TPSA) is 147 Å². The Hall–Kier alpha value is -1.85. The number of nitrogens with one attached hydrogen (secondary N) is 2. The van der Waals surface area contributed by atoms with Gasteiger partial charge < -0.3 is 21.4 Å². The van der Waals surface area contributed by atoms with Crippen molar-refractivity contribution >= 4 is 44.8 Å². The van der Waals surface area contributed by atoms with Crippen LogP contribution in [0, 0.1) is 5.92 Å². The van der Waals surface area contributed by atoms with Crippen LogP contribution in [0.5, 0.6) is 0 Å². The number of aromatic amines is 1. The molecule has 1 aromatic carbocycles. The van der Waals surface area contributed by atoms with Gasteiger partial charge in [0, 0.05) is 25.5 Å². The van der Waals surface area contributed by atoms with Gasteiger partial charge in [-0.25, -0.2) is 13.4 Å². The van der Waals surface area contributed by atoms with E-state index in [2.05, 4.69) is 21.6 Å². The van der Waals surface area contributed by atoms with Gasteiger partial charge in [-0.15, -0.1) is 0 Å². The van der Waals surface area contributed by atoms with Crippen LogP contribution in [0.3, 0.4) is 0 Å². The zero-order chi connectivity index (χ0) is 24.2. The number of imidazole rings is 1. The highest BCUT2D eigenvalue weighted by molar-refractivity contribution is 7.89. The number of nitrogens with two attached hydrogens (primary N) is 2. The van der Waals surface area contributed by atoms with E-state index in [0.29, 0.717) is 37.7 Å². The Bertz CT molecular complexity index is 1030. The number of nitrogens with zero attached hydrogens (tertiary/aromatic N) is 2. The molecule has 1 saturated heterocycles. The lowest BCUT2D eigenvalue weighted by Crippen LogP contribution is -2.50. The van der Waals surface area contributed by atoms with E-state index in [0.717, 1.165) is 12.8 Å². The van der Waals surface area contributed by atoms with Gasteiger partial charge >= 0.3 is 0 Å². The van der Waals surface area contributed by atoms with Gasteiger partial charge in [-0.1, -0.05) is 30.1 Å². The summed E-state index contributed by atoms with van der Waals surface area (Å²) in [5.74, 6) is 0.939. The van der Waals surface area contributed by atoms with E-state index in [1.54, 1.807) is 17.3 Å². The first-order valence-electron chi connectivity index (χ1n) is 10.9. The fourth-order valence-corrected chi connectivity index (χ4v) is 5.70. The monoisotopic (exact) mass is 516 g/mol. The molecule has 2 heterocycles. The van der Waals surface area contributed by atoms with Crippen molar-refractivity contribution in [1.29, 1.82) is 0 Å². The summed E-state index contributed by atoms with van der Waals surface area (Å²) >= 11 is 12.1. The van der Waals surface area contributed by atoms with Crippen molar-refractivity contribution in [2.75, 3.05) is 18.8 Å². The molecule has 0 spiro atoms. The Balaban J connectivity index is 1.76. The Labute approximate surface area is 204 Å². The molecule has 33 heavy (non-hydrogen) atoms. The molecule has 1 fully saturated rings. The molecule has 182 valence electrons. The maximum Gasteiger partial charge on any atom is 0.241 e. The highest BCUT2D eigenvalue weighted by atomic mass is 35.5. The maximum absolute atomic E-state index is 13.3. The second-order valence-corrected chi connectivity index (χ2v) is 11.0. The summed E-state index contributed by atoms with van der Waals surface area (Å²) in [6.45, 7) is 3.35. The van der Waals surface area contributed by atoms with Crippen molar-refractivity contribution in [3.05, 3.63) is 40.4 Å². The number of likely N-dealkylation sites (tertiary alicyclic amines) is 1. The van der Waals surface area contributed by atoms with Gasteiger partial charge in [0.25, 0.3) is 0 Å². The van der Waals surface area contributed by atoms with Crippen molar-refractivity contribution in [3.8, 4) is 0 Å². The molecule has 1 unspecified atom stereocenters. The summed E-state index contributed by atoms with van der Waals surface area (Å²) in [6, 6.07) is 1.17. The molecule has 1 aliphatic heterocycles. The van der Waals surface area contributed by atoms with Crippen LogP contribution in [0.2, 0.25) is 10.0 Å². The molecule has 0 saturated carbocycles. The number of nitrogen functional groups attached to an aromatic ring is 1. The number of piperidine rings is 1. The number of carbonyl (C=O) groups is 1. The predicted octanol–water partition coefficient (Wildman–Crippen LogP) is 3.07. The molecular weight excluding hydrogens is 487 g/mol. The standard InChI is InChI=1S/C21H30Cl2N6O3S/c1-13-5-9-29(10-6-13)21(30)18(4-2-3-17(24)20-26-7-8-27-20)28-33(31,32)14-11-15(22)19(25)16(23)12-14/h7-8,11-13,17-18,28H,2-6,9-10,24-25H2,1H3,(H,26,27)/t17?,18-/m1/s1. The number of hydrogen-bond acceptors (Lipinski definition) is 6. The third kappa shape index (κ3) is 6.60. The van der Waals surface area contributed by atoms with E-state index in [-0.39, 0.29) is 39.0 Å². The van der Waals surface area contributed by atoms with E-state index in [4.69, 9.17) is 34.7 Å². The van der Waals surface area contributed by atoms with Crippen LogP contribution in [-0.2, 0) is 14.8 Å². The summed E-state index contributed by atoms with van der Waals surface area (Å²) < 4.78 is 28.8. The molecule has 2 atom stereocenters. The number of amides is 1. The molecule has 3 rings (SSSR count). The summed E-state index contributed by atoms with van der Waals surface area (Å²) in [5, 5.41) is 0.0559. The van der Waals surface area contributed by atoms with Crippen molar-refractivity contribution in [3.63, 3.8) is 0 Å². The maximum atomic E-state index is 13.3. The highest BCUT2D eigenvalue weighted by Gasteiger charge is 2.31. The fourth-order valence-electron chi connectivity index (χ4n) is 3.81. The van der Waals surface area contributed by atoms with Gasteiger partial charge in [0.2, 0.25) is 15.9 Å². The van der Waals surface area contributed by atoms with Crippen LogP contribution < -0.4 is 16.2 Å². The SMILES string of the molecule is CC1CCN(C(=O)[C@@H](CCCC(N)c2ncc[nH]2)NS(=O)(=O)c2cc(Cl)c(N)c(Cl)c2)CC1. The summed E-state index contributed by atoms with van der Waals surface area (Å²) in [5.41, 5.74) is 12.0. The zero-order valence-corrected chi connectivity index (χ0v) is 20.8. The Morgan fingerprint density at radius 1 is 1.27 bits per heavy atom. The third-order valence-corrected chi connectivity index (χ3v) is 8.01. The van der Waals surface area contributed by atoms with E-state index < -0.39 is 16.1 Å². The Kier molecular flexibility index (Phi) is 8.63. The molecule has 0 bridgehead atoms. The van der Waals surface area contributed by atoms with Crippen LogP contribution in [0.15, 0.2) is 29.4 Å². The zero-order valence-electron chi connectivity index (χ0n) is 18.4. The molecule has 12 heteroatoms. The minimum atomic E-state index is -4.08. The normalized spacial score (nSPS) is 17.2. The number of halogens is 2. The Morgan fingerprint density at radius 3 is 2.48 bits per heavy atom. The average molecular weight is 517 g/mol. The van der Waals surface area contributed by atoms with Gasteiger partial charge in [0.05, 0.1) is 26.7 Å². The lowest BCUT2D eigenvalue weighted by molar-refractivity contribution is -0.134. The van der Waals surface area contributed by atoms with Crippen LogP contribution in [0.25, 0.3) is 0 Å². The van der Waals surface area contributed by atoms with E-state index in [1.165, 1.54) is 12.1 Å². The van der Waals surface area contributed by atoms with Crippen molar-refractivity contribution in [2.45, 2.75) is 56.0 Å². The molecule has 2 aromatic rings. The molecule has 1 amide bonds. The first-order chi connectivity index (χ1) is 15.6. The van der Waals surface area contributed by atoms with Gasteiger partial charge in [-0.2, -0.15) is 4.72 Å². The average Bonchev–Trinajstić information content (AvgIpc) is 3.31. The van der Waals surface area contributed by atoms with Crippen molar-refractivity contribution in [2.24, 2.45) is 11.7 Å². The van der Waals surface area contributed by atoms with Crippen LogP contribution in [0.4, 0.5) is 5.69 Å². The lowest BCUT2D eigenvalue weighted by Gasteiger charge is -2.33. The Morgan fingerprint density at radius 2 is 1.91 bits per heavy atom. The van der Waals surface area contributed by atoms with E-state index in [1.807, 2.05) is 0 Å².